The third-order valence-electron chi connectivity index (χ3n) is 7.20. The maximum atomic E-state index is 12.8. The van der Waals surface area contributed by atoms with E-state index in [0.29, 0.717) is 25.2 Å². The lowest BCUT2D eigenvalue weighted by atomic mass is 9.50. The van der Waals surface area contributed by atoms with E-state index in [2.05, 4.69) is 0 Å². The zero-order valence-corrected chi connectivity index (χ0v) is 16.5. The molecule has 0 radical (unpaired) electrons. The molecule has 5 nitrogen and oxygen atoms in total. The summed E-state index contributed by atoms with van der Waals surface area (Å²) in [4.78, 5) is 12.8. The summed E-state index contributed by atoms with van der Waals surface area (Å²) in [5.41, 5.74) is -2.25. The van der Waals surface area contributed by atoms with E-state index in [1.165, 1.54) is 0 Å². The minimum absolute atomic E-state index is 0.144. The van der Waals surface area contributed by atoms with Gasteiger partial charge < -0.3 is 19.3 Å². The molecule has 0 aromatic heterocycles. The van der Waals surface area contributed by atoms with Crippen molar-refractivity contribution in [2.45, 2.75) is 108 Å². The molecule has 1 aliphatic heterocycles. The predicted molar refractivity (Wildman–Crippen MR) is 96.4 cm³/mol. The average molecular weight is 366 g/mol. The van der Waals surface area contributed by atoms with E-state index in [4.69, 9.17) is 14.2 Å². The largest absolute Gasteiger partial charge is 0.458 e. The van der Waals surface area contributed by atoms with Crippen LogP contribution in [0, 0.1) is 11.3 Å². The van der Waals surface area contributed by atoms with Gasteiger partial charge in [-0.1, -0.05) is 6.92 Å². The highest BCUT2D eigenvalue weighted by Gasteiger charge is 2.66. The number of carbonyl (C=O) groups is 1. The van der Waals surface area contributed by atoms with Crippen LogP contribution in [0.4, 0.5) is 0 Å². The molecule has 0 aromatic rings. The number of aliphatic hydroxyl groups is 1. The van der Waals surface area contributed by atoms with E-state index >= 15 is 0 Å². The number of ether oxygens (including phenoxy) is 3. The van der Waals surface area contributed by atoms with E-state index in [0.717, 1.165) is 51.6 Å². The first-order chi connectivity index (χ1) is 12.2. The Morgan fingerprint density at radius 2 is 1.88 bits per heavy atom. The Kier molecular flexibility index (Phi) is 4.44. The molecule has 5 aliphatic rings. The van der Waals surface area contributed by atoms with Gasteiger partial charge in [0, 0.05) is 25.9 Å². The quantitative estimate of drug-likeness (QED) is 0.751. The second kappa shape index (κ2) is 6.18. The monoisotopic (exact) mass is 366 g/mol. The Balaban J connectivity index is 1.56. The van der Waals surface area contributed by atoms with Crippen molar-refractivity contribution in [3.8, 4) is 0 Å². The summed E-state index contributed by atoms with van der Waals surface area (Å²) in [5, 5.41) is 11.2. The van der Waals surface area contributed by atoms with Gasteiger partial charge in [0.15, 0.2) is 6.29 Å². The third-order valence-corrected chi connectivity index (χ3v) is 7.20. The Morgan fingerprint density at radius 3 is 2.54 bits per heavy atom. The van der Waals surface area contributed by atoms with Gasteiger partial charge in [-0.05, 0) is 64.7 Å². The van der Waals surface area contributed by atoms with Crippen LogP contribution in [0.25, 0.3) is 0 Å². The minimum Gasteiger partial charge on any atom is -0.458 e. The maximum absolute atomic E-state index is 12.8. The van der Waals surface area contributed by atoms with Gasteiger partial charge in [0.1, 0.15) is 5.60 Å². The molecule has 1 heterocycles. The topological polar surface area (TPSA) is 65.0 Å². The summed E-state index contributed by atoms with van der Waals surface area (Å²) in [6.07, 6.45) is 8.21. The van der Waals surface area contributed by atoms with Gasteiger partial charge in [0.25, 0.3) is 0 Å². The van der Waals surface area contributed by atoms with Crippen molar-refractivity contribution in [1.29, 1.82) is 0 Å². The summed E-state index contributed by atoms with van der Waals surface area (Å²) in [6.45, 7) is 6.64. The summed E-state index contributed by atoms with van der Waals surface area (Å²) < 4.78 is 18.5. The zero-order valence-electron chi connectivity index (χ0n) is 16.5. The molecule has 4 saturated carbocycles. The lowest BCUT2D eigenvalue weighted by molar-refractivity contribution is -0.315. The van der Waals surface area contributed by atoms with Gasteiger partial charge >= 0.3 is 5.97 Å². The molecule has 0 aromatic carbocycles. The number of carbonyl (C=O) groups excluding carboxylic acids is 1. The number of hydrogen-bond acceptors (Lipinski definition) is 5. The minimum atomic E-state index is -0.773. The van der Waals surface area contributed by atoms with Crippen LogP contribution in [-0.2, 0) is 19.0 Å². The van der Waals surface area contributed by atoms with E-state index in [-0.39, 0.29) is 12.3 Å². The smallest absolute Gasteiger partial charge is 0.312 e. The second-order valence-corrected chi connectivity index (χ2v) is 10.1. The van der Waals surface area contributed by atoms with Crippen molar-refractivity contribution < 1.29 is 24.1 Å². The predicted octanol–water partition coefficient (Wildman–Crippen LogP) is 3.72. The highest BCUT2D eigenvalue weighted by atomic mass is 16.7. The highest BCUT2D eigenvalue weighted by molar-refractivity contribution is 5.76. The molecular weight excluding hydrogens is 332 g/mol. The Hall–Kier alpha value is -0.650. The molecular formula is C21H34O5. The fourth-order valence-electron chi connectivity index (χ4n) is 6.02. The van der Waals surface area contributed by atoms with Crippen LogP contribution >= 0.6 is 0 Å². The van der Waals surface area contributed by atoms with Gasteiger partial charge in [-0.15, -0.1) is 0 Å². The number of hydrogen-bond donors (Lipinski definition) is 1. The number of rotatable bonds is 5. The van der Waals surface area contributed by atoms with E-state index < -0.39 is 22.2 Å². The molecule has 1 N–H and O–H groups in total. The van der Waals surface area contributed by atoms with Gasteiger partial charge in [0.05, 0.1) is 16.6 Å². The molecule has 5 rings (SSSR count). The molecule has 1 saturated heterocycles. The Bertz CT molecular complexity index is 569. The first-order valence-electron chi connectivity index (χ1n) is 10.4. The Morgan fingerprint density at radius 1 is 1.15 bits per heavy atom. The van der Waals surface area contributed by atoms with Crippen LogP contribution in [-0.4, -0.2) is 40.8 Å². The van der Waals surface area contributed by atoms with Crippen LogP contribution in [0.5, 0.6) is 0 Å². The highest BCUT2D eigenvalue weighted by Crippen LogP contribution is 2.62. The molecule has 5 unspecified atom stereocenters. The maximum Gasteiger partial charge on any atom is 0.312 e. The first-order valence-corrected chi connectivity index (χ1v) is 10.4. The van der Waals surface area contributed by atoms with Gasteiger partial charge in [-0.2, -0.15) is 0 Å². The molecule has 148 valence electrons. The van der Waals surface area contributed by atoms with Crippen molar-refractivity contribution in [3.05, 3.63) is 0 Å². The normalized spacial score (nSPS) is 44.9. The van der Waals surface area contributed by atoms with E-state index in [1.807, 2.05) is 20.8 Å². The van der Waals surface area contributed by atoms with E-state index in [1.54, 1.807) is 0 Å². The summed E-state index contributed by atoms with van der Waals surface area (Å²) in [5.74, 6) is 0.215. The fourth-order valence-corrected chi connectivity index (χ4v) is 6.02. The van der Waals surface area contributed by atoms with Crippen molar-refractivity contribution >= 4 is 5.97 Å². The Labute approximate surface area is 156 Å². The average Bonchev–Trinajstić information content (AvgIpc) is 2.52. The first kappa shape index (κ1) is 18.7. The molecule has 4 bridgehead atoms. The van der Waals surface area contributed by atoms with Crippen molar-refractivity contribution in [2.24, 2.45) is 11.3 Å². The van der Waals surface area contributed by atoms with Crippen molar-refractivity contribution in [3.63, 3.8) is 0 Å². The van der Waals surface area contributed by atoms with Crippen LogP contribution in [0.15, 0.2) is 0 Å². The molecule has 26 heavy (non-hydrogen) atoms. The molecule has 5 atom stereocenters. The van der Waals surface area contributed by atoms with Crippen molar-refractivity contribution in [1.82, 2.24) is 0 Å². The SMILES string of the molecule is CCC(C)(C)C(=O)OC12CC3CC(O)(C1)CC(OC1CCCCO1)(C3)C2. The molecule has 0 spiro atoms. The van der Waals surface area contributed by atoms with Crippen LogP contribution in [0.1, 0.15) is 85.0 Å². The van der Waals surface area contributed by atoms with Crippen LogP contribution < -0.4 is 0 Å². The summed E-state index contributed by atoms with van der Waals surface area (Å²) in [7, 11) is 0. The third kappa shape index (κ3) is 3.31. The van der Waals surface area contributed by atoms with Crippen molar-refractivity contribution in [2.75, 3.05) is 6.61 Å². The zero-order chi connectivity index (χ0) is 18.6. The van der Waals surface area contributed by atoms with E-state index in [9.17, 15) is 9.90 Å². The lowest BCUT2D eigenvalue weighted by Crippen LogP contribution is -2.68. The lowest BCUT2D eigenvalue weighted by Gasteiger charge is -2.64. The summed E-state index contributed by atoms with van der Waals surface area (Å²) >= 11 is 0. The number of esters is 1. The van der Waals surface area contributed by atoms with Gasteiger partial charge in [-0.25, -0.2) is 0 Å². The second-order valence-electron chi connectivity index (χ2n) is 10.1. The molecule has 0 amide bonds. The fraction of sp³-hybridized carbons (Fsp3) is 0.952. The molecule has 5 fully saturated rings. The molecule has 5 heteroatoms. The van der Waals surface area contributed by atoms with Gasteiger partial charge in [-0.3, -0.25) is 4.79 Å². The van der Waals surface area contributed by atoms with Crippen LogP contribution in [0.3, 0.4) is 0 Å². The summed E-state index contributed by atoms with van der Waals surface area (Å²) in [6, 6.07) is 0. The van der Waals surface area contributed by atoms with Gasteiger partial charge in [0.2, 0.25) is 0 Å². The standard InChI is InChI=1S/C21H34O5/c1-4-18(2,3)17(22)26-21-11-15-9-19(23,13-21)12-20(10-15,14-21)25-16-7-5-6-8-24-16/h15-16,23H,4-14H2,1-3H3. The molecule has 4 aliphatic carbocycles. The van der Waals surface area contributed by atoms with Crippen LogP contribution in [0.2, 0.25) is 0 Å².